The molecule has 0 aliphatic heterocycles. The van der Waals surface area contributed by atoms with Gasteiger partial charge in [0.15, 0.2) is 5.65 Å². The second-order valence-corrected chi connectivity index (χ2v) is 7.20. The monoisotopic (exact) mass is 348 g/mol. The second kappa shape index (κ2) is 6.90. The summed E-state index contributed by atoms with van der Waals surface area (Å²) in [7, 11) is 0. The average molecular weight is 348 g/mol. The Bertz CT molecular complexity index is 911. The fourth-order valence-corrected chi connectivity index (χ4v) is 3.63. The lowest BCUT2D eigenvalue weighted by atomic mass is 9.99. The van der Waals surface area contributed by atoms with E-state index in [4.69, 9.17) is 0 Å². The van der Waals surface area contributed by atoms with Gasteiger partial charge in [0, 0.05) is 18.8 Å². The molecular weight excluding hydrogens is 324 g/mol. The number of aromatic nitrogens is 3. The van der Waals surface area contributed by atoms with E-state index in [0.29, 0.717) is 18.0 Å². The van der Waals surface area contributed by atoms with Crippen molar-refractivity contribution in [2.24, 2.45) is 5.92 Å². The molecule has 3 aromatic rings. The van der Waals surface area contributed by atoms with E-state index in [-0.39, 0.29) is 11.9 Å². The molecule has 0 N–H and O–H groups in total. The van der Waals surface area contributed by atoms with Crippen molar-refractivity contribution in [1.29, 1.82) is 0 Å². The second-order valence-electron chi connectivity index (χ2n) is 7.20. The van der Waals surface area contributed by atoms with Crippen LogP contribution in [0.5, 0.6) is 0 Å². The summed E-state index contributed by atoms with van der Waals surface area (Å²) in [5.41, 5.74) is 4.01. The number of pyridine rings is 1. The van der Waals surface area contributed by atoms with Crippen molar-refractivity contribution in [3.63, 3.8) is 0 Å². The van der Waals surface area contributed by atoms with Crippen molar-refractivity contribution in [3.05, 3.63) is 65.6 Å². The zero-order chi connectivity index (χ0) is 18.1. The van der Waals surface area contributed by atoms with Crippen LogP contribution in [0, 0.1) is 12.8 Å². The van der Waals surface area contributed by atoms with Gasteiger partial charge in [-0.25, -0.2) is 0 Å². The minimum absolute atomic E-state index is 0.0899. The SMILES string of the molecule is CCN(C(=O)c1ccc2nncn2c1)[C@@H](Cc1ccc(C)cc1)C1CC1. The zero-order valence-corrected chi connectivity index (χ0v) is 15.3. The Morgan fingerprint density at radius 2 is 2.00 bits per heavy atom. The maximum absolute atomic E-state index is 13.2. The molecule has 0 bridgehead atoms. The lowest BCUT2D eigenvalue weighted by Crippen LogP contribution is -2.43. The third kappa shape index (κ3) is 3.34. The quantitative estimate of drug-likeness (QED) is 0.685. The van der Waals surface area contributed by atoms with E-state index in [1.807, 2.05) is 23.2 Å². The zero-order valence-electron chi connectivity index (χ0n) is 15.3. The van der Waals surface area contributed by atoms with E-state index in [2.05, 4.69) is 48.3 Å². The largest absolute Gasteiger partial charge is 0.335 e. The van der Waals surface area contributed by atoms with Crippen LogP contribution >= 0.6 is 0 Å². The number of aryl methyl sites for hydroxylation is 1. The smallest absolute Gasteiger partial charge is 0.255 e. The molecule has 5 nitrogen and oxygen atoms in total. The number of carbonyl (C=O) groups is 1. The van der Waals surface area contributed by atoms with Gasteiger partial charge in [0.2, 0.25) is 0 Å². The molecule has 0 saturated heterocycles. The Balaban J connectivity index is 1.59. The van der Waals surface area contributed by atoms with E-state index in [1.54, 1.807) is 10.7 Å². The van der Waals surface area contributed by atoms with Gasteiger partial charge >= 0.3 is 0 Å². The van der Waals surface area contributed by atoms with E-state index < -0.39 is 0 Å². The molecule has 2 heterocycles. The van der Waals surface area contributed by atoms with Crippen LogP contribution < -0.4 is 0 Å². The molecular formula is C21H24N4O. The summed E-state index contributed by atoms with van der Waals surface area (Å²) in [6.45, 7) is 4.89. The lowest BCUT2D eigenvalue weighted by molar-refractivity contribution is 0.0665. The van der Waals surface area contributed by atoms with Gasteiger partial charge in [0.05, 0.1) is 5.56 Å². The van der Waals surface area contributed by atoms with E-state index in [9.17, 15) is 4.79 Å². The maximum atomic E-state index is 13.2. The van der Waals surface area contributed by atoms with Gasteiger partial charge in [-0.05, 0) is 56.7 Å². The Morgan fingerprint density at radius 3 is 2.69 bits per heavy atom. The van der Waals surface area contributed by atoms with Gasteiger partial charge in [-0.3, -0.25) is 9.20 Å². The Morgan fingerprint density at radius 1 is 1.23 bits per heavy atom. The first kappa shape index (κ1) is 16.8. The molecule has 1 aliphatic carbocycles. The van der Waals surface area contributed by atoms with Crippen molar-refractivity contribution in [2.75, 3.05) is 6.54 Å². The van der Waals surface area contributed by atoms with Gasteiger partial charge in [0.1, 0.15) is 6.33 Å². The number of amides is 1. The minimum Gasteiger partial charge on any atom is -0.335 e. The Hall–Kier alpha value is -2.69. The normalized spacial score (nSPS) is 15.2. The number of hydrogen-bond acceptors (Lipinski definition) is 3. The Kier molecular flexibility index (Phi) is 4.45. The highest BCUT2D eigenvalue weighted by molar-refractivity contribution is 5.94. The van der Waals surface area contributed by atoms with Gasteiger partial charge in [-0.1, -0.05) is 29.8 Å². The predicted octanol–water partition coefficient (Wildman–Crippen LogP) is 3.52. The molecule has 134 valence electrons. The van der Waals surface area contributed by atoms with Crippen LogP contribution in [0.15, 0.2) is 48.9 Å². The van der Waals surface area contributed by atoms with Crippen molar-refractivity contribution >= 4 is 11.6 Å². The summed E-state index contributed by atoms with van der Waals surface area (Å²) in [5.74, 6) is 0.700. The van der Waals surface area contributed by atoms with E-state index >= 15 is 0 Å². The number of nitrogens with zero attached hydrogens (tertiary/aromatic N) is 4. The number of rotatable bonds is 6. The fourth-order valence-electron chi connectivity index (χ4n) is 3.63. The third-order valence-corrected chi connectivity index (χ3v) is 5.27. The summed E-state index contributed by atoms with van der Waals surface area (Å²) in [6.07, 6.45) is 6.80. The molecule has 4 rings (SSSR count). The molecule has 0 unspecified atom stereocenters. The first-order valence-electron chi connectivity index (χ1n) is 9.31. The minimum atomic E-state index is 0.0899. The highest BCUT2D eigenvalue weighted by Crippen LogP contribution is 2.37. The van der Waals surface area contributed by atoms with Crippen molar-refractivity contribution < 1.29 is 4.79 Å². The molecule has 5 heteroatoms. The van der Waals surface area contributed by atoms with Gasteiger partial charge in [0.25, 0.3) is 5.91 Å². The maximum Gasteiger partial charge on any atom is 0.255 e. The van der Waals surface area contributed by atoms with Crippen LogP contribution in [-0.4, -0.2) is 38.0 Å². The number of likely N-dealkylation sites (N-methyl/N-ethyl adjacent to an activating group) is 1. The number of fused-ring (bicyclic) bond motifs is 1. The van der Waals surface area contributed by atoms with Crippen LogP contribution in [-0.2, 0) is 6.42 Å². The van der Waals surface area contributed by atoms with E-state index in [0.717, 1.165) is 12.1 Å². The fraction of sp³-hybridized carbons (Fsp3) is 0.381. The molecule has 1 amide bonds. The van der Waals surface area contributed by atoms with Crippen LogP contribution in [0.2, 0.25) is 0 Å². The topological polar surface area (TPSA) is 50.5 Å². The molecule has 0 radical (unpaired) electrons. The van der Waals surface area contributed by atoms with Crippen LogP contribution in [0.3, 0.4) is 0 Å². The highest BCUT2D eigenvalue weighted by atomic mass is 16.2. The molecule has 1 atom stereocenters. The summed E-state index contributed by atoms with van der Waals surface area (Å²) in [5, 5.41) is 7.90. The van der Waals surface area contributed by atoms with Gasteiger partial charge < -0.3 is 4.90 Å². The lowest BCUT2D eigenvalue weighted by Gasteiger charge is -2.31. The van der Waals surface area contributed by atoms with Gasteiger partial charge in [-0.15, -0.1) is 10.2 Å². The van der Waals surface area contributed by atoms with Crippen LogP contribution in [0.25, 0.3) is 5.65 Å². The molecule has 0 spiro atoms. The summed E-state index contributed by atoms with van der Waals surface area (Å²) >= 11 is 0. The van der Waals surface area contributed by atoms with E-state index in [1.165, 1.54) is 24.0 Å². The molecule has 1 aromatic carbocycles. The first-order valence-corrected chi connectivity index (χ1v) is 9.31. The van der Waals surface area contributed by atoms with Crippen LogP contribution in [0.1, 0.15) is 41.3 Å². The summed E-state index contributed by atoms with van der Waals surface area (Å²) < 4.78 is 1.80. The summed E-state index contributed by atoms with van der Waals surface area (Å²) in [6, 6.07) is 12.6. The molecule has 1 saturated carbocycles. The Labute approximate surface area is 153 Å². The molecule has 1 fully saturated rings. The predicted molar refractivity (Wildman–Crippen MR) is 101 cm³/mol. The van der Waals surface area contributed by atoms with Crippen LogP contribution in [0.4, 0.5) is 0 Å². The average Bonchev–Trinajstić information content (AvgIpc) is 3.39. The number of benzene rings is 1. The number of carbonyl (C=O) groups excluding carboxylic acids is 1. The molecule has 2 aromatic heterocycles. The molecule has 1 aliphatic rings. The van der Waals surface area contributed by atoms with Gasteiger partial charge in [-0.2, -0.15) is 0 Å². The third-order valence-electron chi connectivity index (χ3n) is 5.27. The van der Waals surface area contributed by atoms with Crippen molar-refractivity contribution in [1.82, 2.24) is 19.5 Å². The molecule has 26 heavy (non-hydrogen) atoms. The summed E-state index contributed by atoms with van der Waals surface area (Å²) in [4.78, 5) is 15.3. The standard InChI is InChI=1S/C21H24N4O/c1-3-25(21(26)18-10-11-20-23-22-14-24(20)13-18)19(17-8-9-17)12-16-6-4-15(2)5-7-16/h4-7,10-11,13-14,17,19H,3,8-9,12H2,1-2H3/t19-/m0/s1. The highest BCUT2D eigenvalue weighted by Gasteiger charge is 2.37. The first-order chi connectivity index (χ1) is 12.7. The number of hydrogen-bond donors (Lipinski definition) is 0. The van der Waals surface area contributed by atoms with Crippen molar-refractivity contribution in [3.8, 4) is 0 Å². The van der Waals surface area contributed by atoms with Crippen molar-refractivity contribution in [2.45, 2.75) is 39.2 Å².